The molecule has 8 nitrogen and oxygen atoms in total. The molecule has 0 spiro atoms. The standard InChI is InChI=1S/C21H12O8/c22-11-2-5-14-17(8-11)28-18-9-12(23)3-6-15(18)19(14)13-4-1-10(20(24)25)7-16(13)21(26)29-27/h1-8,27H,9H2,(H,24,25). The molecule has 29 heavy (non-hydrogen) atoms. The largest absolute Gasteiger partial charge is 0.478 e. The minimum Gasteiger partial charge on any atom is -0.478 e. The van der Waals surface area contributed by atoms with E-state index in [1.807, 2.05) is 0 Å². The summed E-state index contributed by atoms with van der Waals surface area (Å²) in [5, 5.41) is 18.1. The van der Waals surface area contributed by atoms with Crippen molar-refractivity contribution in [1.29, 1.82) is 0 Å². The highest BCUT2D eigenvalue weighted by Gasteiger charge is 2.27. The van der Waals surface area contributed by atoms with Gasteiger partial charge in [-0.15, -0.1) is 0 Å². The third kappa shape index (κ3) is 3.11. The van der Waals surface area contributed by atoms with Crippen LogP contribution in [0.15, 0.2) is 51.7 Å². The van der Waals surface area contributed by atoms with E-state index < -0.39 is 11.9 Å². The Kier molecular flexibility index (Phi) is 4.33. The van der Waals surface area contributed by atoms with Gasteiger partial charge in [-0.05, 0) is 42.0 Å². The molecule has 8 heteroatoms. The lowest BCUT2D eigenvalue weighted by Crippen LogP contribution is -2.12. The lowest BCUT2D eigenvalue weighted by Gasteiger charge is -2.21. The minimum atomic E-state index is -1.26. The maximum absolute atomic E-state index is 12.2. The van der Waals surface area contributed by atoms with Crippen molar-refractivity contribution in [3.05, 3.63) is 75.1 Å². The maximum Gasteiger partial charge on any atom is 0.373 e. The summed E-state index contributed by atoms with van der Waals surface area (Å²) in [5.41, 5.74) is 0.995. The number of carboxylic acids is 1. The van der Waals surface area contributed by atoms with Crippen LogP contribution in [0.5, 0.6) is 0 Å². The summed E-state index contributed by atoms with van der Waals surface area (Å²) in [7, 11) is 0. The number of rotatable bonds is 3. The molecule has 2 aliphatic carbocycles. The van der Waals surface area contributed by atoms with Crippen molar-refractivity contribution in [2.45, 2.75) is 6.42 Å². The van der Waals surface area contributed by atoms with Crippen molar-refractivity contribution in [2.24, 2.45) is 0 Å². The van der Waals surface area contributed by atoms with Crippen molar-refractivity contribution in [2.75, 3.05) is 0 Å². The number of aromatic carboxylic acids is 1. The topological polar surface area (TPSA) is 131 Å². The fourth-order valence-electron chi connectivity index (χ4n) is 3.37. The van der Waals surface area contributed by atoms with Crippen molar-refractivity contribution in [3.63, 3.8) is 0 Å². The number of carbonyl (C=O) groups excluding carboxylic acids is 2. The zero-order chi connectivity index (χ0) is 20.7. The van der Waals surface area contributed by atoms with Crippen molar-refractivity contribution >= 4 is 23.8 Å². The molecule has 3 aliphatic rings. The molecule has 0 saturated carbocycles. The predicted molar refractivity (Wildman–Crippen MR) is 99.8 cm³/mol. The molecule has 0 fully saturated rings. The van der Waals surface area contributed by atoms with Crippen LogP contribution in [-0.4, -0.2) is 28.1 Å². The Labute approximate surface area is 162 Å². The van der Waals surface area contributed by atoms with Gasteiger partial charge in [-0.1, -0.05) is 6.07 Å². The first-order valence-electron chi connectivity index (χ1n) is 8.43. The summed E-state index contributed by atoms with van der Waals surface area (Å²) in [6, 6.07) is 7.88. The summed E-state index contributed by atoms with van der Waals surface area (Å²) in [5.74, 6) is -2.10. The van der Waals surface area contributed by atoms with E-state index >= 15 is 0 Å². The number of hydrogen-bond donors (Lipinski definition) is 2. The van der Waals surface area contributed by atoms with E-state index in [1.54, 1.807) is 0 Å². The fourth-order valence-corrected chi connectivity index (χ4v) is 3.37. The number of fused-ring (bicyclic) bond motifs is 2. The zero-order valence-electron chi connectivity index (χ0n) is 14.7. The summed E-state index contributed by atoms with van der Waals surface area (Å²) in [6.45, 7) is 0. The molecule has 1 aliphatic heterocycles. The van der Waals surface area contributed by atoms with Crippen molar-refractivity contribution in [1.82, 2.24) is 0 Å². The highest BCUT2D eigenvalue weighted by atomic mass is 17.1. The molecule has 0 saturated heterocycles. The number of carbonyl (C=O) groups is 3. The van der Waals surface area contributed by atoms with Crippen molar-refractivity contribution in [3.8, 4) is 22.5 Å². The van der Waals surface area contributed by atoms with Gasteiger partial charge >= 0.3 is 11.9 Å². The average molecular weight is 392 g/mol. The average Bonchev–Trinajstić information content (AvgIpc) is 2.70. The Morgan fingerprint density at radius 2 is 1.76 bits per heavy atom. The summed E-state index contributed by atoms with van der Waals surface area (Å²) in [4.78, 5) is 51.0. The van der Waals surface area contributed by atoms with Crippen molar-refractivity contribution < 1.29 is 34.1 Å². The molecule has 2 N–H and O–H groups in total. The fraction of sp³-hybridized carbons (Fsp3) is 0.0476. The van der Waals surface area contributed by atoms with Crippen LogP contribution >= 0.6 is 0 Å². The van der Waals surface area contributed by atoms with Crippen LogP contribution in [0.3, 0.4) is 0 Å². The molecule has 4 rings (SSSR count). The monoisotopic (exact) mass is 392 g/mol. The molecule has 0 radical (unpaired) electrons. The Morgan fingerprint density at radius 3 is 2.48 bits per heavy atom. The smallest absolute Gasteiger partial charge is 0.373 e. The highest BCUT2D eigenvalue weighted by Crippen LogP contribution is 2.42. The predicted octanol–water partition coefficient (Wildman–Crippen LogP) is 2.88. The highest BCUT2D eigenvalue weighted by molar-refractivity contribution is 6.06. The molecule has 144 valence electrons. The number of ketones is 1. The molecule has 1 aromatic rings. The van der Waals surface area contributed by atoms with Gasteiger partial charge in [-0.2, -0.15) is 5.26 Å². The summed E-state index contributed by atoms with van der Waals surface area (Å²) in [6.07, 6.45) is 2.86. The third-order valence-electron chi connectivity index (χ3n) is 4.63. The Morgan fingerprint density at radius 1 is 1.00 bits per heavy atom. The Balaban J connectivity index is 2.11. The summed E-state index contributed by atoms with van der Waals surface area (Å²) >= 11 is 0. The first kappa shape index (κ1) is 18.3. The van der Waals surface area contributed by atoms with E-state index in [2.05, 4.69) is 4.89 Å². The molecule has 1 heterocycles. The number of allylic oxidation sites excluding steroid dienone is 1. The van der Waals surface area contributed by atoms with Gasteiger partial charge in [0.05, 0.1) is 17.5 Å². The van der Waals surface area contributed by atoms with Gasteiger partial charge < -0.3 is 9.52 Å². The molecule has 1 aromatic carbocycles. The van der Waals surface area contributed by atoms with Crippen LogP contribution in [0, 0.1) is 0 Å². The van der Waals surface area contributed by atoms with E-state index in [0.29, 0.717) is 22.5 Å². The van der Waals surface area contributed by atoms with Gasteiger partial charge in [0.15, 0.2) is 11.2 Å². The van der Waals surface area contributed by atoms with Crippen LogP contribution < -0.4 is 5.43 Å². The first-order chi connectivity index (χ1) is 13.9. The van der Waals surface area contributed by atoms with E-state index in [0.717, 1.165) is 6.07 Å². The van der Waals surface area contributed by atoms with Gasteiger partial charge in [0.25, 0.3) is 0 Å². The minimum absolute atomic E-state index is 0.0369. The molecule has 0 unspecified atom stereocenters. The van der Waals surface area contributed by atoms with Crippen LogP contribution in [0.25, 0.3) is 28.5 Å². The first-order valence-corrected chi connectivity index (χ1v) is 8.43. The number of hydrogen-bond acceptors (Lipinski definition) is 7. The van der Waals surface area contributed by atoms with Gasteiger partial charge in [0.1, 0.15) is 11.5 Å². The van der Waals surface area contributed by atoms with Crippen LogP contribution in [0.4, 0.5) is 0 Å². The molecular formula is C21H12O8. The third-order valence-corrected chi connectivity index (χ3v) is 4.63. The second kappa shape index (κ2) is 6.84. The lowest BCUT2D eigenvalue weighted by atomic mass is 9.86. The van der Waals surface area contributed by atoms with E-state index in [1.165, 1.54) is 42.5 Å². The van der Waals surface area contributed by atoms with Gasteiger partial charge in [-0.3, -0.25) is 14.5 Å². The SMILES string of the molecule is O=C1C=Cc2c(oc3cc(=O)ccc-3c2-c2ccc(C(=O)O)cc2C(=O)OO)C1. The number of benzene rings is 2. The van der Waals surface area contributed by atoms with Gasteiger partial charge in [0, 0.05) is 22.8 Å². The van der Waals surface area contributed by atoms with Gasteiger partial charge in [-0.25, -0.2) is 9.59 Å². The van der Waals surface area contributed by atoms with E-state index in [-0.39, 0.29) is 40.1 Å². The molecular weight excluding hydrogens is 380 g/mol. The van der Waals surface area contributed by atoms with Gasteiger partial charge in [0.2, 0.25) is 0 Å². The van der Waals surface area contributed by atoms with Crippen LogP contribution in [0.2, 0.25) is 0 Å². The Bertz CT molecular complexity index is 1250. The molecule has 0 bridgehead atoms. The van der Waals surface area contributed by atoms with Crippen LogP contribution in [-0.2, 0) is 16.1 Å². The van der Waals surface area contributed by atoms with E-state index in [9.17, 15) is 24.3 Å². The lowest BCUT2D eigenvalue weighted by molar-refractivity contribution is -0.182. The normalized spacial score (nSPS) is 12.7. The van der Waals surface area contributed by atoms with E-state index in [4.69, 9.17) is 9.67 Å². The summed E-state index contributed by atoms with van der Waals surface area (Å²) < 4.78 is 5.75. The Hall–Kier alpha value is -4.04. The quantitative estimate of drug-likeness (QED) is 0.514. The molecule has 0 atom stereocenters. The number of carboxylic acid groups (broad SMARTS) is 1. The maximum atomic E-state index is 12.2. The zero-order valence-corrected chi connectivity index (χ0v) is 14.7. The second-order valence-corrected chi connectivity index (χ2v) is 6.39. The molecule has 0 amide bonds. The molecule has 0 aromatic heterocycles. The second-order valence-electron chi connectivity index (χ2n) is 6.39. The van der Waals surface area contributed by atoms with Crippen LogP contribution in [0.1, 0.15) is 32.0 Å².